The van der Waals surface area contributed by atoms with Crippen molar-refractivity contribution in [3.05, 3.63) is 30.2 Å². The smallest absolute Gasteiger partial charge is 0.150 e. The molecular weight excluding hydrogens is 257 g/mol. The molecule has 0 amide bonds. The molecule has 5 heteroatoms. The first kappa shape index (κ1) is 14.5. The maximum absolute atomic E-state index is 14.1. The van der Waals surface area contributed by atoms with Crippen molar-refractivity contribution in [3.63, 3.8) is 0 Å². The number of anilines is 2. The van der Waals surface area contributed by atoms with E-state index in [0.29, 0.717) is 29.4 Å². The zero-order valence-corrected chi connectivity index (χ0v) is 11.8. The number of fused-ring (bicyclic) bond motifs is 1. The van der Waals surface area contributed by atoms with Crippen LogP contribution in [0.15, 0.2) is 24.4 Å². The van der Waals surface area contributed by atoms with Gasteiger partial charge in [-0.05, 0) is 31.0 Å². The van der Waals surface area contributed by atoms with E-state index in [-0.39, 0.29) is 12.2 Å². The number of pyridine rings is 1. The highest BCUT2D eigenvalue weighted by Gasteiger charge is 2.23. The van der Waals surface area contributed by atoms with Crippen molar-refractivity contribution in [3.8, 4) is 0 Å². The van der Waals surface area contributed by atoms with Gasteiger partial charge in [0, 0.05) is 23.8 Å². The molecule has 0 aliphatic heterocycles. The molecule has 0 unspecified atom stereocenters. The van der Waals surface area contributed by atoms with Gasteiger partial charge in [-0.3, -0.25) is 4.98 Å². The van der Waals surface area contributed by atoms with Crippen LogP contribution in [0.25, 0.3) is 10.9 Å². The van der Waals surface area contributed by atoms with Gasteiger partial charge in [0.2, 0.25) is 0 Å². The van der Waals surface area contributed by atoms with Crippen LogP contribution in [0, 0.1) is 5.82 Å². The van der Waals surface area contributed by atoms with Gasteiger partial charge in [0.25, 0.3) is 0 Å². The van der Waals surface area contributed by atoms with E-state index in [1.165, 1.54) is 6.07 Å². The van der Waals surface area contributed by atoms with E-state index in [0.717, 1.165) is 0 Å². The molecule has 0 aliphatic carbocycles. The molecule has 0 saturated heterocycles. The topological polar surface area (TPSA) is 71.2 Å². The highest BCUT2D eigenvalue weighted by molar-refractivity contribution is 5.98. The standard InChI is InChI=1S/C15H20FN3O/c1-3-15(20,4-2)9-19-14-11(16)8-12(17)10-6-5-7-18-13(10)14/h5-8,19-20H,3-4,9,17H2,1-2H3. The van der Waals surface area contributed by atoms with Gasteiger partial charge in [-0.25, -0.2) is 4.39 Å². The minimum absolute atomic E-state index is 0.270. The Balaban J connectivity index is 2.39. The number of aliphatic hydroxyl groups is 1. The summed E-state index contributed by atoms with van der Waals surface area (Å²) < 4.78 is 14.1. The van der Waals surface area contributed by atoms with Gasteiger partial charge in [0.15, 0.2) is 5.82 Å². The van der Waals surface area contributed by atoms with E-state index in [4.69, 9.17) is 5.73 Å². The predicted octanol–water partition coefficient (Wildman–Crippen LogP) is 2.92. The number of hydrogen-bond acceptors (Lipinski definition) is 4. The van der Waals surface area contributed by atoms with E-state index in [1.54, 1.807) is 18.3 Å². The summed E-state index contributed by atoms with van der Waals surface area (Å²) in [5, 5.41) is 14.0. The quantitative estimate of drug-likeness (QED) is 0.735. The second kappa shape index (κ2) is 5.63. The molecule has 20 heavy (non-hydrogen) atoms. The van der Waals surface area contributed by atoms with Crippen molar-refractivity contribution in [2.45, 2.75) is 32.3 Å². The average molecular weight is 277 g/mol. The fraction of sp³-hybridized carbons (Fsp3) is 0.400. The second-order valence-electron chi connectivity index (χ2n) is 5.01. The van der Waals surface area contributed by atoms with Crippen molar-refractivity contribution in [2.75, 3.05) is 17.6 Å². The Morgan fingerprint density at radius 1 is 1.40 bits per heavy atom. The fourth-order valence-corrected chi connectivity index (χ4v) is 2.16. The number of halogens is 1. The SMILES string of the molecule is CCC(O)(CC)CNc1c(F)cc(N)c2cccnc12. The van der Waals surface area contributed by atoms with Crippen LogP contribution in [-0.4, -0.2) is 22.2 Å². The Kier molecular flexibility index (Phi) is 4.09. The lowest BCUT2D eigenvalue weighted by Gasteiger charge is -2.26. The summed E-state index contributed by atoms with van der Waals surface area (Å²) >= 11 is 0. The fourth-order valence-electron chi connectivity index (χ4n) is 2.16. The molecular formula is C15H20FN3O. The average Bonchev–Trinajstić information content (AvgIpc) is 2.46. The van der Waals surface area contributed by atoms with Gasteiger partial charge in [0.05, 0.1) is 16.8 Å². The molecule has 0 aliphatic rings. The van der Waals surface area contributed by atoms with Gasteiger partial charge < -0.3 is 16.2 Å². The number of aromatic nitrogens is 1. The Bertz CT molecular complexity index is 611. The lowest BCUT2D eigenvalue weighted by atomic mass is 9.97. The normalized spacial score (nSPS) is 11.8. The summed E-state index contributed by atoms with van der Waals surface area (Å²) in [5.41, 5.74) is 6.08. The first-order chi connectivity index (χ1) is 9.50. The highest BCUT2D eigenvalue weighted by atomic mass is 19.1. The van der Waals surface area contributed by atoms with Crippen molar-refractivity contribution in [2.24, 2.45) is 0 Å². The van der Waals surface area contributed by atoms with Crippen LogP contribution >= 0.6 is 0 Å². The highest BCUT2D eigenvalue weighted by Crippen LogP contribution is 2.30. The largest absolute Gasteiger partial charge is 0.398 e. The zero-order valence-electron chi connectivity index (χ0n) is 11.8. The Hall–Kier alpha value is -1.88. The first-order valence-electron chi connectivity index (χ1n) is 6.79. The predicted molar refractivity (Wildman–Crippen MR) is 80.1 cm³/mol. The minimum Gasteiger partial charge on any atom is -0.398 e. The summed E-state index contributed by atoms with van der Waals surface area (Å²) in [6.07, 6.45) is 2.79. The number of benzene rings is 1. The number of nitrogens with zero attached hydrogens (tertiary/aromatic N) is 1. The van der Waals surface area contributed by atoms with Gasteiger partial charge in [0.1, 0.15) is 0 Å². The molecule has 0 atom stereocenters. The maximum atomic E-state index is 14.1. The van der Waals surface area contributed by atoms with E-state index in [1.807, 2.05) is 13.8 Å². The lowest BCUT2D eigenvalue weighted by molar-refractivity contribution is 0.0457. The van der Waals surface area contributed by atoms with Crippen molar-refractivity contribution >= 4 is 22.3 Å². The van der Waals surface area contributed by atoms with Crippen LogP contribution in [0.5, 0.6) is 0 Å². The van der Waals surface area contributed by atoms with E-state index in [2.05, 4.69) is 10.3 Å². The van der Waals surface area contributed by atoms with Gasteiger partial charge in [-0.15, -0.1) is 0 Å². The molecule has 0 bridgehead atoms. The molecule has 0 saturated carbocycles. The van der Waals surface area contributed by atoms with Crippen molar-refractivity contribution in [1.82, 2.24) is 4.98 Å². The number of hydrogen-bond donors (Lipinski definition) is 3. The van der Waals surface area contributed by atoms with Crippen LogP contribution in [-0.2, 0) is 0 Å². The minimum atomic E-state index is -0.852. The Morgan fingerprint density at radius 2 is 2.10 bits per heavy atom. The van der Waals surface area contributed by atoms with Gasteiger partial charge in [-0.2, -0.15) is 0 Å². The summed E-state index contributed by atoms with van der Waals surface area (Å²) in [7, 11) is 0. The third-order valence-electron chi connectivity index (χ3n) is 3.79. The molecule has 1 heterocycles. The lowest BCUT2D eigenvalue weighted by Crippen LogP contribution is -2.35. The number of nitrogens with two attached hydrogens (primary N) is 1. The van der Waals surface area contributed by atoms with Crippen LogP contribution < -0.4 is 11.1 Å². The summed E-state index contributed by atoms with van der Waals surface area (Å²) in [6.45, 7) is 4.08. The second-order valence-corrected chi connectivity index (χ2v) is 5.01. The molecule has 0 spiro atoms. The number of nitrogens with one attached hydrogen (secondary N) is 1. The monoisotopic (exact) mass is 277 g/mol. The summed E-state index contributed by atoms with van der Waals surface area (Å²) in [4.78, 5) is 4.19. The molecule has 0 radical (unpaired) electrons. The number of nitrogen functional groups attached to an aromatic ring is 1. The third-order valence-corrected chi connectivity index (χ3v) is 3.79. The van der Waals surface area contributed by atoms with Crippen molar-refractivity contribution < 1.29 is 9.50 Å². The van der Waals surface area contributed by atoms with E-state index >= 15 is 0 Å². The van der Waals surface area contributed by atoms with E-state index in [9.17, 15) is 9.50 Å². The molecule has 4 nitrogen and oxygen atoms in total. The molecule has 2 rings (SSSR count). The molecule has 0 fully saturated rings. The molecule has 4 N–H and O–H groups in total. The van der Waals surface area contributed by atoms with Crippen LogP contribution in [0.1, 0.15) is 26.7 Å². The summed E-state index contributed by atoms with van der Waals surface area (Å²) in [5.74, 6) is -0.455. The van der Waals surface area contributed by atoms with Gasteiger partial charge >= 0.3 is 0 Å². The first-order valence-corrected chi connectivity index (χ1v) is 6.79. The third kappa shape index (κ3) is 2.67. The maximum Gasteiger partial charge on any atom is 0.150 e. The summed E-state index contributed by atoms with van der Waals surface area (Å²) in [6, 6.07) is 4.84. The molecule has 1 aromatic heterocycles. The van der Waals surface area contributed by atoms with Crippen LogP contribution in [0.4, 0.5) is 15.8 Å². The van der Waals surface area contributed by atoms with E-state index < -0.39 is 11.4 Å². The zero-order chi connectivity index (χ0) is 14.8. The molecule has 1 aromatic carbocycles. The molecule has 2 aromatic rings. The van der Waals surface area contributed by atoms with Crippen LogP contribution in [0.3, 0.4) is 0 Å². The molecule has 108 valence electrons. The van der Waals surface area contributed by atoms with Gasteiger partial charge in [-0.1, -0.05) is 13.8 Å². The Morgan fingerprint density at radius 3 is 2.75 bits per heavy atom. The Labute approximate surface area is 117 Å². The van der Waals surface area contributed by atoms with Crippen molar-refractivity contribution in [1.29, 1.82) is 0 Å². The van der Waals surface area contributed by atoms with Crippen LogP contribution in [0.2, 0.25) is 0 Å². The number of rotatable bonds is 5.